The predicted molar refractivity (Wildman–Crippen MR) is 88.0 cm³/mol. The summed E-state index contributed by atoms with van der Waals surface area (Å²) >= 11 is 1.29. The number of nitrogens with zero attached hydrogens (tertiary/aromatic N) is 5. The molecule has 0 aliphatic heterocycles. The highest BCUT2D eigenvalue weighted by Crippen LogP contribution is 2.28. The van der Waals surface area contributed by atoms with E-state index in [1.165, 1.54) is 28.5 Å². The molecule has 0 atom stereocenters. The lowest BCUT2D eigenvalue weighted by atomic mass is 10.2. The van der Waals surface area contributed by atoms with Crippen LogP contribution in [0.25, 0.3) is 10.2 Å². The van der Waals surface area contributed by atoms with Crippen molar-refractivity contribution in [3.8, 4) is 6.07 Å². The summed E-state index contributed by atoms with van der Waals surface area (Å²) in [7, 11) is 1.58. The fourth-order valence-corrected chi connectivity index (χ4v) is 3.01. The minimum absolute atomic E-state index is 0.0344. The van der Waals surface area contributed by atoms with Crippen molar-refractivity contribution in [3.63, 3.8) is 0 Å². The molecule has 3 aromatic heterocycles. The normalized spacial score (nSPS) is 10.5. The first-order chi connectivity index (χ1) is 11.5. The van der Waals surface area contributed by atoms with Crippen molar-refractivity contribution in [2.24, 2.45) is 0 Å². The van der Waals surface area contributed by atoms with Crippen LogP contribution in [-0.4, -0.2) is 26.9 Å². The summed E-state index contributed by atoms with van der Waals surface area (Å²) in [6, 6.07) is 4.80. The summed E-state index contributed by atoms with van der Waals surface area (Å²) < 4.78 is 0.525. The van der Waals surface area contributed by atoms with Crippen molar-refractivity contribution in [1.29, 1.82) is 5.26 Å². The maximum Gasteiger partial charge on any atom is 0.329 e. The van der Waals surface area contributed by atoms with Crippen LogP contribution in [0.15, 0.2) is 28.5 Å². The molecule has 0 fully saturated rings. The molecule has 1 N–H and O–H groups in total. The number of fused-ring (bicyclic) bond motifs is 1. The first-order valence-electron chi connectivity index (χ1n) is 6.72. The second-order valence-corrected chi connectivity index (χ2v) is 5.82. The predicted octanol–water partition coefficient (Wildman–Crippen LogP) is 1.80. The van der Waals surface area contributed by atoms with E-state index in [4.69, 9.17) is 5.26 Å². The number of hydrogen-bond acceptors (Lipinski definition) is 8. The van der Waals surface area contributed by atoms with Gasteiger partial charge in [0.1, 0.15) is 22.2 Å². The standard InChI is InChI=1S/C14H10N6O3S/c1-19(13-11(20(22)23)8(6-15)2-4-16-13)7-10-17-9-3-5-24-12(9)14(21)18-10/h2-5H,7H2,1H3,(H,17,18,21). The van der Waals surface area contributed by atoms with Gasteiger partial charge in [-0.05, 0) is 17.5 Å². The number of rotatable bonds is 4. The molecule has 9 nitrogen and oxygen atoms in total. The lowest BCUT2D eigenvalue weighted by molar-refractivity contribution is -0.384. The second-order valence-electron chi connectivity index (χ2n) is 4.90. The van der Waals surface area contributed by atoms with Gasteiger partial charge in [0.15, 0.2) is 0 Å². The molecule has 0 spiro atoms. The van der Waals surface area contributed by atoms with Crippen molar-refractivity contribution in [2.75, 3.05) is 11.9 Å². The van der Waals surface area contributed by atoms with Gasteiger partial charge in [-0.1, -0.05) is 0 Å². The molecular weight excluding hydrogens is 332 g/mol. The van der Waals surface area contributed by atoms with E-state index in [9.17, 15) is 14.9 Å². The van der Waals surface area contributed by atoms with Crippen LogP contribution in [0.4, 0.5) is 11.5 Å². The average Bonchev–Trinajstić information content (AvgIpc) is 3.02. The molecule has 3 rings (SSSR count). The summed E-state index contributed by atoms with van der Waals surface area (Å²) in [5.41, 5.74) is -0.139. The van der Waals surface area contributed by atoms with Gasteiger partial charge in [0.2, 0.25) is 5.82 Å². The number of nitriles is 1. The monoisotopic (exact) mass is 342 g/mol. The number of anilines is 1. The van der Waals surface area contributed by atoms with E-state index in [1.54, 1.807) is 24.6 Å². The summed E-state index contributed by atoms with van der Waals surface area (Å²) in [6.45, 7) is 0.101. The van der Waals surface area contributed by atoms with E-state index in [0.29, 0.717) is 16.0 Å². The molecule has 0 aromatic carbocycles. The van der Waals surface area contributed by atoms with Gasteiger partial charge >= 0.3 is 5.69 Å². The number of aromatic nitrogens is 3. The van der Waals surface area contributed by atoms with Gasteiger partial charge in [-0.25, -0.2) is 9.97 Å². The summed E-state index contributed by atoms with van der Waals surface area (Å²) in [4.78, 5) is 35.1. The summed E-state index contributed by atoms with van der Waals surface area (Å²) in [5, 5.41) is 22.1. The smallest absolute Gasteiger partial charge is 0.329 e. The molecule has 3 heterocycles. The summed E-state index contributed by atoms with van der Waals surface area (Å²) in [6.07, 6.45) is 1.33. The molecule has 0 saturated heterocycles. The van der Waals surface area contributed by atoms with Gasteiger partial charge in [0.05, 0.1) is 17.0 Å². The van der Waals surface area contributed by atoms with Gasteiger partial charge < -0.3 is 9.88 Å². The molecule has 0 aliphatic rings. The minimum Gasteiger partial charge on any atom is -0.346 e. The number of H-pyrrole nitrogens is 1. The highest BCUT2D eigenvalue weighted by molar-refractivity contribution is 7.17. The maximum atomic E-state index is 12.0. The van der Waals surface area contributed by atoms with Crippen LogP contribution in [0.5, 0.6) is 0 Å². The third-order valence-corrected chi connectivity index (χ3v) is 4.22. The Kier molecular flexibility index (Phi) is 3.93. The van der Waals surface area contributed by atoms with Gasteiger partial charge in [-0.2, -0.15) is 5.26 Å². The Balaban J connectivity index is 2.00. The Morgan fingerprint density at radius 2 is 2.29 bits per heavy atom. The van der Waals surface area contributed by atoms with Crippen LogP contribution >= 0.6 is 11.3 Å². The number of thiophene rings is 1. The molecule has 24 heavy (non-hydrogen) atoms. The quantitative estimate of drug-likeness (QED) is 0.565. The lowest BCUT2D eigenvalue weighted by Gasteiger charge is -2.17. The molecule has 0 radical (unpaired) electrons. The zero-order valence-corrected chi connectivity index (χ0v) is 13.2. The average molecular weight is 342 g/mol. The summed E-state index contributed by atoms with van der Waals surface area (Å²) in [5.74, 6) is 0.388. The fourth-order valence-electron chi connectivity index (χ4n) is 2.29. The van der Waals surface area contributed by atoms with Crippen LogP contribution in [0.2, 0.25) is 0 Å². The van der Waals surface area contributed by atoms with E-state index < -0.39 is 4.92 Å². The highest BCUT2D eigenvalue weighted by atomic mass is 32.1. The lowest BCUT2D eigenvalue weighted by Crippen LogP contribution is -2.23. The van der Waals surface area contributed by atoms with Crippen LogP contribution in [0.3, 0.4) is 0 Å². The third kappa shape index (κ3) is 2.68. The zero-order valence-electron chi connectivity index (χ0n) is 12.4. The maximum absolute atomic E-state index is 12.0. The van der Waals surface area contributed by atoms with Crippen molar-refractivity contribution >= 4 is 33.1 Å². The molecule has 0 bridgehead atoms. The molecule has 3 aromatic rings. The van der Waals surface area contributed by atoms with Gasteiger partial charge in [-0.15, -0.1) is 11.3 Å². The minimum atomic E-state index is -0.643. The van der Waals surface area contributed by atoms with Gasteiger partial charge in [0, 0.05) is 13.2 Å². The number of aromatic amines is 1. The third-order valence-electron chi connectivity index (χ3n) is 3.32. The first-order valence-corrected chi connectivity index (χ1v) is 7.60. The Hall–Kier alpha value is -3.32. The van der Waals surface area contributed by atoms with E-state index in [2.05, 4.69) is 15.0 Å². The largest absolute Gasteiger partial charge is 0.346 e. The molecule has 0 saturated carbocycles. The fraction of sp³-hybridized carbons (Fsp3) is 0.143. The van der Waals surface area contributed by atoms with E-state index in [0.717, 1.165) is 0 Å². The topological polar surface area (TPSA) is 129 Å². The van der Waals surface area contributed by atoms with Crippen LogP contribution in [0, 0.1) is 21.4 Å². The Morgan fingerprint density at radius 1 is 1.50 bits per heavy atom. The first kappa shape index (κ1) is 15.6. The van der Waals surface area contributed by atoms with E-state index in [-0.39, 0.29) is 29.2 Å². The molecule has 10 heteroatoms. The number of nitro groups is 1. The Morgan fingerprint density at radius 3 is 3.00 bits per heavy atom. The molecule has 120 valence electrons. The molecule has 0 unspecified atom stereocenters. The second kappa shape index (κ2) is 6.05. The Bertz CT molecular complexity index is 1030. The van der Waals surface area contributed by atoms with Gasteiger partial charge in [0.25, 0.3) is 5.56 Å². The van der Waals surface area contributed by atoms with Crippen LogP contribution < -0.4 is 10.5 Å². The van der Waals surface area contributed by atoms with E-state index in [1.807, 2.05) is 0 Å². The zero-order chi connectivity index (χ0) is 17.3. The SMILES string of the molecule is CN(Cc1nc2ccsc2c(=O)[nH]1)c1nccc(C#N)c1[N+](=O)[O-]. The Labute approximate surface area is 139 Å². The molecule has 0 amide bonds. The van der Waals surface area contributed by atoms with Gasteiger partial charge in [-0.3, -0.25) is 14.9 Å². The highest BCUT2D eigenvalue weighted by Gasteiger charge is 2.24. The molecular formula is C14H10N6O3S. The van der Waals surface area contributed by atoms with Crippen molar-refractivity contribution in [3.05, 3.63) is 55.6 Å². The van der Waals surface area contributed by atoms with E-state index >= 15 is 0 Å². The molecule has 0 aliphatic carbocycles. The van der Waals surface area contributed by atoms with Crippen molar-refractivity contribution < 1.29 is 4.92 Å². The van der Waals surface area contributed by atoms with Crippen LogP contribution in [0.1, 0.15) is 11.4 Å². The number of hydrogen-bond donors (Lipinski definition) is 1. The van der Waals surface area contributed by atoms with Crippen molar-refractivity contribution in [1.82, 2.24) is 15.0 Å². The van der Waals surface area contributed by atoms with Crippen molar-refractivity contribution in [2.45, 2.75) is 6.54 Å². The number of pyridine rings is 1. The number of nitrogens with one attached hydrogen (secondary N) is 1. The van der Waals surface area contributed by atoms with Crippen LogP contribution in [-0.2, 0) is 6.54 Å².